The van der Waals surface area contributed by atoms with Gasteiger partial charge in [-0.3, -0.25) is 4.79 Å². The van der Waals surface area contributed by atoms with Crippen LogP contribution in [0.1, 0.15) is 103 Å². The van der Waals surface area contributed by atoms with Crippen LogP contribution in [-0.2, 0) is 15.6 Å². The summed E-state index contributed by atoms with van der Waals surface area (Å²) in [6.45, 7) is 7.76. The third kappa shape index (κ3) is 6.73. The van der Waals surface area contributed by atoms with Crippen molar-refractivity contribution in [1.29, 1.82) is 0 Å². The van der Waals surface area contributed by atoms with Crippen LogP contribution in [0.4, 0.5) is 8.78 Å². The van der Waals surface area contributed by atoms with E-state index in [1.165, 1.54) is 17.7 Å². The van der Waals surface area contributed by atoms with E-state index in [2.05, 4.69) is 10.9 Å². The molecule has 1 aromatic rings. The van der Waals surface area contributed by atoms with Crippen molar-refractivity contribution in [2.24, 2.45) is 5.92 Å². The number of rotatable bonds is 12. The number of ether oxygens (including phenoxy) is 2. The first-order valence-electron chi connectivity index (χ1n) is 12.8. The average Bonchev–Trinajstić information content (AvgIpc) is 2.78. The van der Waals surface area contributed by atoms with Crippen molar-refractivity contribution < 1.29 is 33.0 Å². The van der Waals surface area contributed by atoms with Gasteiger partial charge in [0.15, 0.2) is 0 Å². The molecule has 0 spiro atoms. The number of hydrogen-bond donors (Lipinski definition) is 0. The molecule has 2 aliphatic rings. The van der Waals surface area contributed by atoms with E-state index in [0.29, 0.717) is 17.7 Å². The Morgan fingerprint density at radius 3 is 2.69 bits per heavy atom. The van der Waals surface area contributed by atoms with Gasteiger partial charge in [0.25, 0.3) is 11.0 Å². The van der Waals surface area contributed by atoms with Crippen LogP contribution in [0, 0.1) is 16.0 Å². The molecular formula is C27H37F2NO6. The lowest BCUT2D eigenvalue weighted by atomic mass is 9.68. The highest BCUT2D eigenvalue weighted by Crippen LogP contribution is 2.55. The first-order chi connectivity index (χ1) is 16.9. The van der Waals surface area contributed by atoms with Crippen molar-refractivity contribution in [3.63, 3.8) is 0 Å². The maximum absolute atomic E-state index is 15.3. The summed E-state index contributed by atoms with van der Waals surface area (Å²) in [5.74, 6) is -3.41. The zero-order chi connectivity index (χ0) is 26.5. The van der Waals surface area contributed by atoms with Crippen LogP contribution < -0.4 is 9.47 Å². The van der Waals surface area contributed by atoms with E-state index in [-0.39, 0.29) is 49.0 Å². The fraction of sp³-hybridized carbons (Fsp3) is 0.667. The minimum atomic E-state index is -3.11. The fourth-order valence-electron chi connectivity index (χ4n) is 5.25. The van der Waals surface area contributed by atoms with Gasteiger partial charge in [0.1, 0.15) is 17.1 Å². The smallest absolute Gasteiger partial charge is 0.311 e. The SMILES string of the molecule is CCCCCCC(F)(F)c1cc(OC(=O)CCCO[N+](=O)[O-])c2c(c1)OC(C)(C)C1CCC(C)=CC21. The number of carbonyl (C=O) groups excluding carboxylic acids is 1. The first kappa shape index (κ1) is 27.9. The predicted molar refractivity (Wildman–Crippen MR) is 131 cm³/mol. The van der Waals surface area contributed by atoms with Crippen LogP contribution in [0.25, 0.3) is 0 Å². The molecule has 0 saturated heterocycles. The molecule has 0 saturated carbocycles. The summed E-state index contributed by atoms with van der Waals surface area (Å²) >= 11 is 0. The molecule has 3 rings (SSSR count). The molecule has 0 amide bonds. The maximum atomic E-state index is 15.3. The minimum Gasteiger partial charge on any atom is -0.487 e. The van der Waals surface area contributed by atoms with Crippen LogP contribution >= 0.6 is 0 Å². The second kappa shape index (κ2) is 11.6. The minimum absolute atomic E-state index is 0.0733. The number of hydrogen-bond acceptors (Lipinski definition) is 6. The lowest BCUT2D eigenvalue weighted by Gasteiger charge is -2.46. The molecule has 36 heavy (non-hydrogen) atoms. The number of fused-ring (bicyclic) bond motifs is 3. The Kier molecular flexibility index (Phi) is 8.95. The zero-order valence-electron chi connectivity index (χ0n) is 21.6. The van der Waals surface area contributed by atoms with Gasteiger partial charge >= 0.3 is 5.97 Å². The van der Waals surface area contributed by atoms with Crippen LogP contribution in [0.5, 0.6) is 11.5 Å². The second-order valence-electron chi connectivity index (χ2n) is 10.4. The van der Waals surface area contributed by atoms with Crippen molar-refractivity contribution in [2.45, 2.75) is 103 Å². The monoisotopic (exact) mass is 509 g/mol. The van der Waals surface area contributed by atoms with Crippen molar-refractivity contribution in [1.82, 2.24) is 0 Å². The molecule has 1 aromatic carbocycles. The van der Waals surface area contributed by atoms with Gasteiger partial charge in [-0.25, -0.2) is 8.78 Å². The standard InChI is InChI=1S/C27H37F2NO6/c1-5-6-7-8-13-27(28,29)19-16-22(35-24(31)10-9-14-34-30(32)33)25-20-15-18(2)11-12-21(20)26(3,4)36-23(25)17-19/h15-17,20-21H,5-14H2,1-4H3. The Balaban J connectivity index is 1.96. The molecule has 1 aliphatic heterocycles. The Bertz CT molecular complexity index is 991. The van der Waals surface area contributed by atoms with Crippen LogP contribution in [0.3, 0.4) is 0 Å². The fourth-order valence-corrected chi connectivity index (χ4v) is 5.25. The molecule has 1 heterocycles. The molecule has 0 bridgehead atoms. The van der Waals surface area contributed by atoms with E-state index in [1.807, 2.05) is 27.7 Å². The topological polar surface area (TPSA) is 87.9 Å². The van der Waals surface area contributed by atoms with Gasteiger partial charge in [0.2, 0.25) is 0 Å². The molecule has 200 valence electrons. The van der Waals surface area contributed by atoms with Crippen LogP contribution in [0.2, 0.25) is 0 Å². The van der Waals surface area contributed by atoms with Crippen molar-refractivity contribution >= 4 is 5.97 Å². The number of carbonyl (C=O) groups is 1. The normalized spacial score (nSPS) is 20.4. The number of esters is 1. The third-order valence-corrected chi connectivity index (χ3v) is 7.16. The molecule has 2 unspecified atom stereocenters. The highest BCUT2D eigenvalue weighted by Gasteiger charge is 2.46. The van der Waals surface area contributed by atoms with E-state index >= 15 is 8.78 Å². The Morgan fingerprint density at radius 1 is 1.25 bits per heavy atom. The Labute approximate surface area is 211 Å². The molecule has 0 radical (unpaired) electrons. The number of allylic oxidation sites excluding steroid dienone is 2. The van der Waals surface area contributed by atoms with Gasteiger partial charge in [-0.2, -0.15) is 0 Å². The maximum Gasteiger partial charge on any atom is 0.311 e. The Hall–Kier alpha value is -2.71. The number of benzene rings is 1. The molecule has 0 fully saturated rings. The van der Waals surface area contributed by atoms with E-state index in [0.717, 1.165) is 32.1 Å². The average molecular weight is 510 g/mol. The second-order valence-corrected chi connectivity index (χ2v) is 10.4. The molecule has 9 heteroatoms. The summed E-state index contributed by atoms with van der Waals surface area (Å²) in [4.78, 5) is 27.2. The molecule has 0 N–H and O–H groups in total. The molecule has 0 aromatic heterocycles. The first-order valence-corrected chi connectivity index (χ1v) is 12.8. The summed E-state index contributed by atoms with van der Waals surface area (Å²) in [6.07, 6.45) is 6.52. The highest BCUT2D eigenvalue weighted by atomic mass is 19.3. The van der Waals surface area contributed by atoms with Crippen molar-refractivity contribution in [3.8, 4) is 11.5 Å². The summed E-state index contributed by atoms with van der Waals surface area (Å²) in [5.41, 5.74) is 0.992. The molecule has 1 aliphatic carbocycles. The third-order valence-electron chi connectivity index (χ3n) is 7.16. The van der Waals surface area contributed by atoms with E-state index in [1.54, 1.807) is 0 Å². The van der Waals surface area contributed by atoms with Crippen LogP contribution in [0.15, 0.2) is 23.8 Å². The van der Waals surface area contributed by atoms with E-state index < -0.39 is 22.6 Å². The van der Waals surface area contributed by atoms with Gasteiger partial charge in [-0.1, -0.05) is 37.8 Å². The Morgan fingerprint density at radius 2 is 2.00 bits per heavy atom. The summed E-state index contributed by atoms with van der Waals surface area (Å²) in [6, 6.07) is 2.69. The quantitative estimate of drug-likeness (QED) is 0.0736. The zero-order valence-corrected chi connectivity index (χ0v) is 21.6. The van der Waals surface area contributed by atoms with Crippen molar-refractivity contribution in [2.75, 3.05) is 6.61 Å². The summed E-state index contributed by atoms with van der Waals surface area (Å²) in [5, 5.41) is 9.40. The largest absolute Gasteiger partial charge is 0.487 e. The number of nitrogens with zero attached hydrogens (tertiary/aromatic N) is 1. The highest BCUT2D eigenvalue weighted by molar-refractivity contribution is 5.74. The number of alkyl halides is 2. The van der Waals surface area contributed by atoms with Crippen LogP contribution in [-0.4, -0.2) is 23.3 Å². The predicted octanol–water partition coefficient (Wildman–Crippen LogP) is 7.25. The van der Waals surface area contributed by atoms with E-state index in [9.17, 15) is 14.9 Å². The van der Waals surface area contributed by atoms with Gasteiger partial charge in [0.05, 0.1) is 6.61 Å². The van der Waals surface area contributed by atoms with Gasteiger partial charge in [-0.15, -0.1) is 10.1 Å². The lowest BCUT2D eigenvalue weighted by molar-refractivity contribution is -0.757. The molecule has 2 atom stereocenters. The van der Waals surface area contributed by atoms with Gasteiger partial charge in [-0.05, 0) is 58.6 Å². The molecule has 7 nitrogen and oxygen atoms in total. The summed E-state index contributed by atoms with van der Waals surface area (Å²) in [7, 11) is 0. The number of halogens is 2. The van der Waals surface area contributed by atoms with Gasteiger partial charge < -0.3 is 14.3 Å². The van der Waals surface area contributed by atoms with Gasteiger partial charge in [0, 0.05) is 35.8 Å². The van der Waals surface area contributed by atoms with Crippen molar-refractivity contribution in [3.05, 3.63) is 45.0 Å². The van der Waals surface area contributed by atoms with E-state index in [4.69, 9.17) is 9.47 Å². The lowest BCUT2D eigenvalue weighted by Crippen LogP contribution is -2.45. The molecular weight excluding hydrogens is 472 g/mol. The summed E-state index contributed by atoms with van der Waals surface area (Å²) < 4.78 is 42.5. The number of unbranched alkanes of at least 4 members (excludes halogenated alkanes) is 3.